The summed E-state index contributed by atoms with van der Waals surface area (Å²) in [5.74, 6) is 2.20. The number of hydrogen-bond donors (Lipinski definition) is 1. The van der Waals surface area contributed by atoms with E-state index < -0.39 is 5.60 Å². The first-order valence-electron chi connectivity index (χ1n) is 8.52. The highest BCUT2D eigenvalue weighted by Crippen LogP contribution is 2.50. The number of benzene rings is 1. The quantitative estimate of drug-likeness (QED) is 0.923. The fourth-order valence-corrected chi connectivity index (χ4v) is 4.56. The van der Waals surface area contributed by atoms with Gasteiger partial charge in [0.25, 0.3) is 0 Å². The minimum Gasteiger partial charge on any atom is -0.385 e. The SMILES string of the molecule is Cc1cccc(N2C[C@@H]3CC(O)(c4ccccc4C)C[C@@H]3C2)n1. The fraction of sp³-hybridized carbons (Fsp3) is 0.450. The van der Waals surface area contributed by atoms with Gasteiger partial charge in [-0.25, -0.2) is 4.98 Å². The van der Waals surface area contributed by atoms with Gasteiger partial charge >= 0.3 is 0 Å². The molecule has 1 aliphatic heterocycles. The summed E-state index contributed by atoms with van der Waals surface area (Å²) in [4.78, 5) is 7.04. The summed E-state index contributed by atoms with van der Waals surface area (Å²) in [5.41, 5.74) is 2.74. The summed E-state index contributed by atoms with van der Waals surface area (Å²) in [5, 5.41) is 11.2. The molecule has 3 nitrogen and oxygen atoms in total. The van der Waals surface area contributed by atoms with Crippen LogP contribution in [0.3, 0.4) is 0 Å². The van der Waals surface area contributed by atoms with Gasteiger partial charge in [-0.15, -0.1) is 0 Å². The first kappa shape index (κ1) is 14.7. The third-order valence-corrected chi connectivity index (χ3v) is 5.62. The second kappa shape index (κ2) is 5.34. The lowest BCUT2D eigenvalue weighted by Crippen LogP contribution is -2.29. The third-order valence-electron chi connectivity index (χ3n) is 5.62. The van der Waals surface area contributed by atoms with Gasteiger partial charge in [0, 0.05) is 18.8 Å². The molecule has 4 rings (SSSR count). The second-order valence-corrected chi connectivity index (χ2v) is 7.32. The lowest BCUT2D eigenvalue weighted by Gasteiger charge is -2.28. The summed E-state index contributed by atoms with van der Waals surface area (Å²) in [6, 6.07) is 14.5. The van der Waals surface area contributed by atoms with Crippen LogP contribution < -0.4 is 4.90 Å². The van der Waals surface area contributed by atoms with E-state index in [4.69, 9.17) is 0 Å². The van der Waals surface area contributed by atoms with E-state index in [0.717, 1.165) is 43.0 Å². The number of hydrogen-bond acceptors (Lipinski definition) is 3. The van der Waals surface area contributed by atoms with Gasteiger partial charge in [0.1, 0.15) is 5.82 Å². The number of anilines is 1. The standard InChI is InChI=1S/C20H24N2O/c1-14-6-3-4-8-18(14)20(23)10-16-12-22(13-17(16)11-20)19-9-5-7-15(2)21-19/h3-9,16-17,23H,10-13H2,1-2H3/t16-,17+,20?. The molecule has 1 unspecified atom stereocenters. The number of rotatable bonds is 2. The van der Waals surface area contributed by atoms with Crippen molar-refractivity contribution >= 4 is 5.82 Å². The van der Waals surface area contributed by atoms with Gasteiger partial charge in [0.2, 0.25) is 0 Å². The molecular formula is C20H24N2O. The summed E-state index contributed by atoms with van der Waals surface area (Å²) >= 11 is 0. The maximum atomic E-state index is 11.2. The summed E-state index contributed by atoms with van der Waals surface area (Å²) in [6.07, 6.45) is 1.73. The number of fused-ring (bicyclic) bond motifs is 1. The van der Waals surface area contributed by atoms with Crippen molar-refractivity contribution in [3.05, 3.63) is 59.3 Å². The molecule has 1 saturated heterocycles. The zero-order chi connectivity index (χ0) is 16.0. The monoisotopic (exact) mass is 308 g/mol. The Morgan fingerprint density at radius 2 is 1.70 bits per heavy atom. The molecule has 2 aliphatic rings. The molecule has 23 heavy (non-hydrogen) atoms. The molecule has 1 aromatic heterocycles. The van der Waals surface area contributed by atoms with E-state index in [0.29, 0.717) is 11.8 Å². The second-order valence-electron chi connectivity index (χ2n) is 7.32. The zero-order valence-corrected chi connectivity index (χ0v) is 13.9. The van der Waals surface area contributed by atoms with Crippen LogP contribution in [0.4, 0.5) is 5.82 Å². The van der Waals surface area contributed by atoms with Gasteiger partial charge in [-0.05, 0) is 61.8 Å². The Balaban J connectivity index is 1.53. The van der Waals surface area contributed by atoms with E-state index in [-0.39, 0.29) is 0 Å². The number of aliphatic hydroxyl groups is 1. The summed E-state index contributed by atoms with van der Waals surface area (Å²) in [6.45, 7) is 6.16. The fourth-order valence-electron chi connectivity index (χ4n) is 4.56. The van der Waals surface area contributed by atoms with Crippen LogP contribution in [0, 0.1) is 25.7 Å². The minimum absolute atomic E-state index is 0.557. The van der Waals surface area contributed by atoms with Crippen molar-refractivity contribution in [3.8, 4) is 0 Å². The topological polar surface area (TPSA) is 36.4 Å². The van der Waals surface area contributed by atoms with Crippen molar-refractivity contribution in [1.29, 1.82) is 0 Å². The number of pyridine rings is 1. The molecule has 1 N–H and O–H groups in total. The van der Waals surface area contributed by atoms with Crippen molar-refractivity contribution in [3.63, 3.8) is 0 Å². The average Bonchev–Trinajstić information content (AvgIpc) is 3.03. The molecule has 2 heterocycles. The van der Waals surface area contributed by atoms with Gasteiger partial charge in [-0.1, -0.05) is 30.3 Å². The van der Waals surface area contributed by atoms with Crippen LogP contribution >= 0.6 is 0 Å². The van der Waals surface area contributed by atoms with E-state index in [9.17, 15) is 5.11 Å². The van der Waals surface area contributed by atoms with Gasteiger partial charge < -0.3 is 10.0 Å². The van der Waals surface area contributed by atoms with Crippen molar-refractivity contribution in [2.45, 2.75) is 32.3 Å². The Morgan fingerprint density at radius 1 is 1.00 bits per heavy atom. The highest BCUT2D eigenvalue weighted by atomic mass is 16.3. The van der Waals surface area contributed by atoms with E-state index >= 15 is 0 Å². The van der Waals surface area contributed by atoms with Crippen LogP contribution in [0.2, 0.25) is 0 Å². The highest BCUT2D eigenvalue weighted by molar-refractivity contribution is 5.42. The molecule has 1 aromatic carbocycles. The van der Waals surface area contributed by atoms with Gasteiger partial charge in [0.15, 0.2) is 0 Å². The molecule has 0 spiro atoms. The maximum absolute atomic E-state index is 11.2. The number of aromatic nitrogens is 1. The predicted octanol–water partition coefficient (Wildman–Crippen LogP) is 3.43. The molecule has 2 fully saturated rings. The summed E-state index contributed by atoms with van der Waals surface area (Å²) < 4.78 is 0. The largest absolute Gasteiger partial charge is 0.385 e. The lowest BCUT2D eigenvalue weighted by molar-refractivity contribution is 0.0359. The van der Waals surface area contributed by atoms with Crippen LogP contribution in [0.5, 0.6) is 0 Å². The molecular weight excluding hydrogens is 284 g/mol. The highest BCUT2D eigenvalue weighted by Gasteiger charge is 2.49. The van der Waals surface area contributed by atoms with Crippen LogP contribution in [-0.2, 0) is 5.60 Å². The molecule has 3 heteroatoms. The van der Waals surface area contributed by atoms with Crippen LogP contribution in [-0.4, -0.2) is 23.2 Å². The lowest BCUT2D eigenvalue weighted by atomic mass is 9.87. The Morgan fingerprint density at radius 3 is 2.35 bits per heavy atom. The van der Waals surface area contributed by atoms with Crippen LogP contribution in [0.1, 0.15) is 29.7 Å². The van der Waals surface area contributed by atoms with Crippen molar-refractivity contribution in [2.24, 2.45) is 11.8 Å². The van der Waals surface area contributed by atoms with Crippen LogP contribution in [0.15, 0.2) is 42.5 Å². The number of aryl methyl sites for hydroxylation is 2. The number of nitrogens with zero attached hydrogens (tertiary/aromatic N) is 2. The zero-order valence-electron chi connectivity index (χ0n) is 13.9. The van der Waals surface area contributed by atoms with Crippen molar-refractivity contribution in [1.82, 2.24) is 4.98 Å². The Kier molecular flexibility index (Phi) is 3.42. The van der Waals surface area contributed by atoms with E-state index in [1.165, 1.54) is 5.56 Å². The predicted molar refractivity (Wildman–Crippen MR) is 92.5 cm³/mol. The molecule has 0 radical (unpaired) electrons. The van der Waals surface area contributed by atoms with E-state index in [1.54, 1.807) is 0 Å². The molecule has 2 aromatic rings. The molecule has 3 atom stereocenters. The molecule has 1 aliphatic carbocycles. The van der Waals surface area contributed by atoms with Crippen molar-refractivity contribution < 1.29 is 5.11 Å². The smallest absolute Gasteiger partial charge is 0.128 e. The Hall–Kier alpha value is -1.87. The van der Waals surface area contributed by atoms with Crippen LogP contribution in [0.25, 0.3) is 0 Å². The third kappa shape index (κ3) is 2.53. The minimum atomic E-state index is -0.646. The van der Waals surface area contributed by atoms with Gasteiger partial charge in [0.05, 0.1) is 5.60 Å². The first-order valence-corrected chi connectivity index (χ1v) is 8.52. The maximum Gasteiger partial charge on any atom is 0.128 e. The van der Waals surface area contributed by atoms with Gasteiger partial charge in [-0.3, -0.25) is 0 Å². The molecule has 0 amide bonds. The molecule has 1 saturated carbocycles. The Bertz CT molecular complexity index is 713. The van der Waals surface area contributed by atoms with Gasteiger partial charge in [-0.2, -0.15) is 0 Å². The average molecular weight is 308 g/mol. The summed E-state index contributed by atoms with van der Waals surface area (Å²) in [7, 11) is 0. The normalized spacial score (nSPS) is 29.8. The molecule has 0 bridgehead atoms. The van der Waals surface area contributed by atoms with E-state index in [1.807, 2.05) is 25.1 Å². The molecule has 120 valence electrons. The van der Waals surface area contributed by atoms with Crippen molar-refractivity contribution in [2.75, 3.05) is 18.0 Å². The first-order chi connectivity index (χ1) is 11.0. The van der Waals surface area contributed by atoms with E-state index in [2.05, 4.69) is 41.1 Å². The Labute approximate surface area is 138 Å².